The zero-order chi connectivity index (χ0) is 25.9. The first-order valence-corrected chi connectivity index (χ1v) is 13.0. The van der Waals surface area contributed by atoms with Crippen LogP contribution in [0.3, 0.4) is 0 Å². The lowest BCUT2D eigenvalue weighted by Gasteiger charge is -2.18. The standard InChI is InChI=1S/C28H21BrN2O5S/c1-31-22-5-3-2-4-21(22)25(32)26(24(31)18-8-10-19(29)11-9-18)36-15-14-35-20-12-6-17(7-13-20)16-23-27(33)30-28(34)37-23/h2-13,16H,14-15H2,1H3,(H,30,33,34)/b23-16+. The number of carbonyl (C=O) groups is 2. The highest BCUT2D eigenvalue weighted by molar-refractivity contribution is 9.10. The molecule has 0 saturated carbocycles. The zero-order valence-electron chi connectivity index (χ0n) is 19.7. The number of imide groups is 1. The van der Waals surface area contributed by atoms with Crippen molar-refractivity contribution in [1.82, 2.24) is 9.88 Å². The number of pyridine rings is 1. The molecule has 1 aliphatic heterocycles. The summed E-state index contributed by atoms with van der Waals surface area (Å²) in [6.45, 7) is 0.394. The Labute approximate surface area is 225 Å². The third-order valence-electron chi connectivity index (χ3n) is 5.80. The second-order valence-corrected chi connectivity index (χ2v) is 10.1. The topological polar surface area (TPSA) is 86.6 Å². The monoisotopic (exact) mass is 576 g/mol. The van der Waals surface area contributed by atoms with Crippen LogP contribution in [0.15, 0.2) is 87.0 Å². The molecule has 2 heterocycles. The van der Waals surface area contributed by atoms with Gasteiger partial charge < -0.3 is 14.0 Å². The van der Waals surface area contributed by atoms with E-state index in [-0.39, 0.29) is 29.6 Å². The van der Waals surface area contributed by atoms with Crippen molar-refractivity contribution >= 4 is 55.8 Å². The van der Waals surface area contributed by atoms with Crippen molar-refractivity contribution in [2.75, 3.05) is 13.2 Å². The van der Waals surface area contributed by atoms with E-state index in [4.69, 9.17) is 9.47 Å². The molecule has 37 heavy (non-hydrogen) atoms. The Bertz CT molecular complexity index is 1590. The molecule has 7 nitrogen and oxygen atoms in total. The Hall–Kier alpha value is -3.82. The van der Waals surface area contributed by atoms with Gasteiger partial charge in [-0.25, -0.2) is 0 Å². The van der Waals surface area contributed by atoms with E-state index in [1.54, 1.807) is 36.4 Å². The zero-order valence-corrected chi connectivity index (χ0v) is 22.1. The minimum atomic E-state index is -0.394. The van der Waals surface area contributed by atoms with Crippen LogP contribution in [0.5, 0.6) is 11.5 Å². The molecule has 0 radical (unpaired) electrons. The van der Waals surface area contributed by atoms with Crippen LogP contribution in [-0.2, 0) is 11.8 Å². The fourth-order valence-corrected chi connectivity index (χ4v) is 5.01. The van der Waals surface area contributed by atoms with Crippen LogP contribution in [0.4, 0.5) is 4.79 Å². The Morgan fingerprint density at radius 1 is 0.919 bits per heavy atom. The summed E-state index contributed by atoms with van der Waals surface area (Å²) >= 11 is 4.34. The quantitative estimate of drug-likeness (QED) is 0.223. The molecule has 9 heteroatoms. The molecule has 1 fully saturated rings. The number of fused-ring (bicyclic) bond motifs is 1. The van der Waals surface area contributed by atoms with E-state index in [1.165, 1.54) is 0 Å². The van der Waals surface area contributed by atoms with Gasteiger partial charge in [0.25, 0.3) is 11.1 Å². The minimum absolute atomic E-state index is 0.168. The molecule has 0 atom stereocenters. The highest BCUT2D eigenvalue weighted by Gasteiger charge is 2.24. The first kappa shape index (κ1) is 24.9. The molecule has 0 unspecified atom stereocenters. The van der Waals surface area contributed by atoms with Gasteiger partial charge in [0.2, 0.25) is 5.43 Å². The average Bonchev–Trinajstić information content (AvgIpc) is 3.22. The average molecular weight is 577 g/mol. The number of para-hydroxylation sites is 1. The molecule has 0 spiro atoms. The first-order chi connectivity index (χ1) is 17.9. The summed E-state index contributed by atoms with van der Waals surface area (Å²) in [4.78, 5) is 36.8. The predicted molar refractivity (Wildman–Crippen MR) is 149 cm³/mol. The van der Waals surface area contributed by atoms with Crippen molar-refractivity contribution in [1.29, 1.82) is 0 Å². The Kier molecular flexibility index (Phi) is 7.16. The van der Waals surface area contributed by atoms with E-state index in [1.807, 2.05) is 54.1 Å². The second kappa shape index (κ2) is 10.7. The highest BCUT2D eigenvalue weighted by Crippen LogP contribution is 2.31. The number of rotatable bonds is 7. The van der Waals surface area contributed by atoms with Gasteiger partial charge in [0.1, 0.15) is 19.0 Å². The molecule has 2 amide bonds. The predicted octanol–water partition coefficient (Wildman–Crippen LogP) is 5.75. The molecule has 1 aromatic heterocycles. The number of hydrogen-bond acceptors (Lipinski definition) is 6. The third-order valence-corrected chi connectivity index (χ3v) is 7.14. The summed E-state index contributed by atoms with van der Waals surface area (Å²) in [6.07, 6.45) is 1.65. The van der Waals surface area contributed by atoms with Gasteiger partial charge in [-0.1, -0.05) is 52.3 Å². The van der Waals surface area contributed by atoms with E-state index in [2.05, 4.69) is 21.2 Å². The lowest BCUT2D eigenvalue weighted by molar-refractivity contribution is -0.115. The lowest BCUT2D eigenvalue weighted by Crippen LogP contribution is -2.18. The number of ether oxygens (including phenoxy) is 2. The summed E-state index contributed by atoms with van der Waals surface area (Å²) in [6, 6.07) is 22.3. The van der Waals surface area contributed by atoms with Crippen LogP contribution < -0.4 is 20.2 Å². The molecule has 186 valence electrons. The highest BCUT2D eigenvalue weighted by atomic mass is 79.9. The maximum Gasteiger partial charge on any atom is 0.290 e. The van der Waals surface area contributed by atoms with E-state index in [9.17, 15) is 14.4 Å². The van der Waals surface area contributed by atoms with Crippen molar-refractivity contribution in [2.24, 2.45) is 7.05 Å². The van der Waals surface area contributed by atoms with Crippen LogP contribution in [0, 0.1) is 0 Å². The summed E-state index contributed by atoms with van der Waals surface area (Å²) < 4.78 is 14.8. The largest absolute Gasteiger partial charge is 0.490 e. The normalized spacial score (nSPS) is 14.3. The summed E-state index contributed by atoms with van der Waals surface area (Å²) in [5.74, 6) is 0.496. The van der Waals surface area contributed by atoms with Crippen molar-refractivity contribution in [3.05, 3.63) is 98.0 Å². The number of carbonyl (C=O) groups excluding carboxylic acids is 2. The van der Waals surface area contributed by atoms with E-state index in [0.717, 1.165) is 32.9 Å². The van der Waals surface area contributed by atoms with Crippen LogP contribution in [0.1, 0.15) is 5.56 Å². The van der Waals surface area contributed by atoms with Gasteiger partial charge in [-0.15, -0.1) is 0 Å². The van der Waals surface area contributed by atoms with Crippen LogP contribution in [0.2, 0.25) is 0 Å². The van der Waals surface area contributed by atoms with Gasteiger partial charge in [0.05, 0.1) is 16.1 Å². The fourth-order valence-electron chi connectivity index (χ4n) is 4.06. The number of halogens is 1. The number of nitrogens with one attached hydrogen (secondary N) is 1. The number of benzene rings is 3. The van der Waals surface area contributed by atoms with E-state index < -0.39 is 5.91 Å². The Morgan fingerprint density at radius 3 is 2.32 bits per heavy atom. The van der Waals surface area contributed by atoms with Gasteiger partial charge in [0.15, 0.2) is 5.75 Å². The van der Waals surface area contributed by atoms with Crippen molar-refractivity contribution in [3.8, 4) is 22.8 Å². The Balaban J connectivity index is 1.32. The van der Waals surface area contributed by atoms with E-state index >= 15 is 0 Å². The molecule has 1 saturated heterocycles. The fraction of sp³-hybridized carbons (Fsp3) is 0.107. The van der Waals surface area contributed by atoms with Crippen molar-refractivity contribution in [2.45, 2.75) is 0 Å². The van der Waals surface area contributed by atoms with Crippen LogP contribution in [0.25, 0.3) is 28.2 Å². The van der Waals surface area contributed by atoms with Crippen LogP contribution in [-0.4, -0.2) is 28.9 Å². The molecular weight excluding hydrogens is 556 g/mol. The first-order valence-electron chi connectivity index (χ1n) is 11.4. The molecule has 1 aliphatic rings. The number of aryl methyl sites for hydroxylation is 1. The number of aromatic nitrogens is 1. The van der Waals surface area contributed by atoms with Gasteiger partial charge in [-0.3, -0.25) is 19.7 Å². The van der Waals surface area contributed by atoms with Gasteiger partial charge in [-0.2, -0.15) is 0 Å². The molecule has 3 aromatic carbocycles. The molecular formula is C28H21BrN2O5S. The number of thioether (sulfide) groups is 1. The smallest absolute Gasteiger partial charge is 0.290 e. The molecule has 1 N–H and O–H groups in total. The van der Waals surface area contributed by atoms with Crippen molar-refractivity contribution < 1.29 is 19.1 Å². The maximum absolute atomic E-state index is 13.4. The number of nitrogens with zero attached hydrogens (tertiary/aromatic N) is 1. The van der Waals surface area contributed by atoms with Crippen molar-refractivity contribution in [3.63, 3.8) is 0 Å². The minimum Gasteiger partial charge on any atom is -0.490 e. The lowest BCUT2D eigenvalue weighted by atomic mass is 10.1. The maximum atomic E-state index is 13.4. The summed E-state index contributed by atoms with van der Waals surface area (Å²) in [7, 11) is 1.92. The number of hydrogen-bond donors (Lipinski definition) is 1. The number of amides is 2. The van der Waals surface area contributed by atoms with Gasteiger partial charge in [-0.05, 0) is 59.8 Å². The molecule has 0 aliphatic carbocycles. The molecule has 4 aromatic rings. The third kappa shape index (κ3) is 5.33. The Morgan fingerprint density at radius 2 is 1.62 bits per heavy atom. The second-order valence-electron chi connectivity index (χ2n) is 8.21. The molecule has 5 rings (SSSR count). The SMILES string of the molecule is Cn1c(-c2ccc(Br)cc2)c(OCCOc2ccc(/C=C3/SC(=O)NC3=O)cc2)c(=O)c2ccccc21. The van der Waals surface area contributed by atoms with Crippen LogP contribution >= 0.6 is 27.7 Å². The van der Waals surface area contributed by atoms with Gasteiger partial charge in [0, 0.05) is 22.5 Å². The summed E-state index contributed by atoms with van der Waals surface area (Å²) in [5, 5.41) is 2.44. The molecule has 0 bridgehead atoms. The van der Waals surface area contributed by atoms with E-state index in [0.29, 0.717) is 21.7 Å². The van der Waals surface area contributed by atoms with Gasteiger partial charge >= 0.3 is 0 Å². The summed E-state index contributed by atoms with van der Waals surface area (Å²) in [5.41, 5.74) is 2.99.